The Morgan fingerprint density at radius 3 is 2.69 bits per heavy atom. The zero-order chi connectivity index (χ0) is 31.7. The van der Waals surface area contributed by atoms with Gasteiger partial charge in [0.05, 0.1) is 16.2 Å². The number of β-amino-alcohol motifs (C(OH)–C–C–N with tert-alkyl or cyclic N) is 1. The first-order valence-electron chi connectivity index (χ1n) is 15.6. The molecule has 0 saturated carbocycles. The van der Waals surface area contributed by atoms with E-state index in [1.165, 1.54) is 18.2 Å². The highest BCUT2D eigenvalue weighted by atomic mass is 35.5. The molecule has 3 fully saturated rings. The van der Waals surface area contributed by atoms with Gasteiger partial charge in [-0.05, 0) is 91.7 Å². The van der Waals surface area contributed by atoms with Crippen molar-refractivity contribution in [1.82, 2.24) is 14.9 Å². The van der Waals surface area contributed by atoms with Crippen LogP contribution >= 0.6 is 11.6 Å². The zero-order valence-electron chi connectivity index (χ0n) is 25.3. The standard InChI is InChI=1S/C34H36ClF3N4O3/c1-3-22-26(37)7-6-19-12-21(43)13-23(27(19)22)28-25(35)14-24-30(29(28)38)39-32(40-31(24)41-10-4-8-33(2,44)17-41)45-18-34-9-5-11-42(34)16-20(36)15-34/h6-7,12-14,20,43-44H,3-5,8-11,15-18H2,1-2H3/t20?,33-,34+/m1/s1. The van der Waals surface area contributed by atoms with Gasteiger partial charge >= 0.3 is 6.01 Å². The molecule has 1 unspecified atom stereocenters. The monoisotopic (exact) mass is 640 g/mol. The van der Waals surface area contributed by atoms with Gasteiger partial charge in [-0.15, -0.1) is 0 Å². The van der Waals surface area contributed by atoms with Crippen LogP contribution in [0.1, 0.15) is 51.5 Å². The lowest BCUT2D eigenvalue weighted by molar-refractivity contribution is 0.0447. The van der Waals surface area contributed by atoms with Crippen molar-refractivity contribution in [3.05, 3.63) is 52.6 Å². The number of phenolic OH excluding ortho intramolecular Hbond substituents is 1. The van der Waals surface area contributed by atoms with Gasteiger partial charge in [-0.2, -0.15) is 9.97 Å². The fraction of sp³-hybridized carbons (Fsp3) is 0.471. The average Bonchev–Trinajstić information content (AvgIpc) is 3.51. The number of hydrogen-bond donors (Lipinski definition) is 2. The molecule has 45 heavy (non-hydrogen) atoms. The Morgan fingerprint density at radius 2 is 1.91 bits per heavy atom. The number of anilines is 1. The Balaban J connectivity index is 1.41. The maximum absolute atomic E-state index is 17.0. The molecule has 3 saturated heterocycles. The molecule has 11 heteroatoms. The van der Waals surface area contributed by atoms with E-state index in [0.717, 1.165) is 19.4 Å². The summed E-state index contributed by atoms with van der Waals surface area (Å²) in [6, 6.07) is 7.31. The van der Waals surface area contributed by atoms with Crippen LogP contribution in [0.2, 0.25) is 5.02 Å². The lowest BCUT2D eigenvalue weighted by Crippen LogP contribution is -2.46. The zero-order valence-corrected chi connectivity index (χ0v) is 26.1. The molecule has 1 aromatic heterocycles. The molecule has 3 aliphatic rings. The number of fused-ring (bicyclic) bond motifs is 3. The molecule has 3 aliphatic heterocycles. The second kappa shape index (κ2) is 11.2. The SMILES string of the molecule is CCc1c(F)ccc2cc(O)cc(-c3c(Cl)cc4c(N5CCC[C@@](C)(O)C5)nc(OC[C@@]56CCCN5CC(F)C6)nc4c3F)c12. The van der Waals surface area contributed by atoms with Gasteiger partial charge in [0.1, 0.15) is 35.7 Å². The molecule has 0 amide bonds. The fourth-order valence-electron chi connectivity index (χ4n) is 7.80. The predicted molar refractivity (Wildman–Crippen MR) is 169 cm³/mol. The highest BCUT2D eigenvalue weighted by molar-refractivity contribution is 6.35. The Hall–Kier alpha value is -3.34. The number of alkyl halides is 1. The molecular weight excluding hydrogens is 605 g/mol. The Bertz CT molecular complexity index is 1820. The summed E-state index contributed by atoms with van der Waals surface area (Å²) in [5, 5.41) is 22.9. The van der Waals surface area contributed by atoms with E-state index in [0.29, 0.717) is 66.3 Å². The minimum Gasteiger partial charge on any atom is -0.508 e. The van der Waals surface area contributed by atoms with Gasteiger partial charge in [0.15, 0.2) is 5.82 Å². The van der Waals surface area contributed by atoms with E-state index in [-0.39, 0.29) is 46.6 Å². The molecule has 0 bridgehead atoms. The van der Waals surface area contributed by atoms with E-state index in [2.05, 4.69) is 9.88 Å². The summed E-state index contributed by atoms with van der Waals surface area (Å²) in [6.45, 7) is 5.72. The molecular formula is C34H36ClF3N4O3. The van der Waals surface area contributed by atoms with Crippen LogP contribution < -0.4 is 9.64 Å². The molecule has 0 radical (unpaired) electrons. The first kappa shape index (κ1) is 30.3. The molecule has 3 atom stereocenters. The number of nitrogens with zero attached hydrogens (tertiary/aromatic N) is 4. The van der Waals surface area contributed by atoms with E-state index in [1.54, 1.807) is 19.1 Å². The van der Waals surface area contributed by atoms with Gasteiger partial charge in [0.25, 0.3) is 0 Å². The van der Waals surface area contributed by atoms with E-state index < -0.39 is 28.9 Å². The minimum absolute atomic E-state index is 0.0248. The van der Waals surface area contributed by atoms with Crippen molar-refractivity contribution in [3.8, 4) is 22.9 Å². The minimum atomic E-state index is -0.983. The molecule has 0 spiro atoms. The fourth-order valence-corrected chi connectivity index (χ4v) is 8.10. The van der Waals surface area contributed by atoms with Crippen molar-refractivity contribution in [3.63, 3.8) is 0 Å². The molecule has 4 aromatic rings. The summed E-state index contributed by atoms with van der Waals surface area (Å²) in [7, 11) is 0. The molecule has 7 nitrogen and oxygen atoms in total. The number of aryl methyl sites for hydroxylation is 1. The lowest BCUT2D eigenvalue weighted by Gasteiger charge is -2.38. The van der Waals surface area contributed by atoms with Gasteiger partial charge in [-0.1, -0.05) is 24.6 Å². The topological polar surface area (TPSA) is 82.0 Å². The van der Waals surface area contributed by atoms with Crippen LogP contribution in [-0.2, 0) is 6.42 Å². The maximum Gasteiger partial charge on any atom is 0.319 e. The van der Waals surface area contributed by atoms with Crippen LogP contribution in [0.5, 0.6) is 11.8 Å². The number of benzene rings is 3. The van der Waals surface area contributed by atoms with E-state index in [9.17, 15) is 19.0 Å². The van der Waals surface area contributed by atoms with Crippen LogP contribution in [0.4, 0.5) is 19.0 Å². The van der Waals surface area contributed by atoms with Crippen molar-refractivity contribution < 1.29 is 28.1 Å². The molecule has 7 rings (SSSR count). The van der Waals surface area contributed by atoms with Gasteiger partial charge in [0, 0.05) is 37.0 Å². The molecule has 0 aliphatic carbocycles. The summed E-state index contributed by atoms with van der Waals surface area (Å²) >= 11 is 6.85. The number of halogens is 4. The van der Waals surface area contributed by atoms with Gasteiger partial charge < -0.3 is 19.8 Å². The van der Waals surface area contributed by atoms with Gasteiger partial charge in [0.2, 0.25) is 0 Å². The number of aliphatic hydroxyl groups is 1. The number of ether oxygens (including phenoxy) is 1. The third kappa shape index (κ3) is 5.24. The third-order valence-electron chi connectivity index (χ3n) is 9.82. The summed E-state index contributed by atoms with van der Waals surface area (Å²) < 4.78 is 52.6. The Labute approximate surface area is 264 Å². The van der Waals surface area contributed by atoms with Crippen LogP contribution in [0.3, 0.4) is 0 Å². The highest BCUT2D eigenvalue weighted by Crippen LogP contribution is 2.45. The molecule has 3 aromatic carbocycles. The van der Waals surface area contributed by atoms with Gasteiger partial charge in [-0.3, -0.25) is 4.90 Å². The maximum atomic E-state index is 17.0. The van der Waals surface area contributed by atoms with E-state index >= 15 is 4.39 Å². The molecule has 2 N–H and O–H groups in total. The van der Waals surface area contributed by atoms with Crippen LogP contribution in [0, 0.1) is 11.6 Å². The smallest absolute Gasteiger partial charge is 0.319 e. The third-order valence-corrected chi connectivity index (χ3v) is 10.1. The Kier molecular flexibility index (Phi) is 7.53. The molecule has 4 heterocycles. The average molecular weight is 641 g/mol. The summed E-state index contributed by atoms with van der Waals surface area (Å²) in [4.78, 5) is 13.3. The number of hydrogen-bond acceptors (Lipinski definition) is 7. The van der Waals surface area contributed by atoms with E-state index in [4.69, 9.17) is 21.3 Å². The number of rotatable bonds is 6. The van der Waals surface area contributed by atoms with Crippen LogP contribution in [-0.4, -0.2) is 75.2 Å². The van der Waals surface area contributed by atoms with Gasteiger partial charge in [-0.25, -0.2) is 13.2 Å². The van der Waals surface area contributed by atoms with Crippen molar-refractivity contribution >= 4 is 39.1 Å². The second-order valence-corrected chi connectivity index (χ2v) is 13.5. The lowest BCUT2D eigenvalue weighted by atomic mass is 9.91. The van der Waals surface area contributed by atoms with E-state index in [1.807, 2.05) is 11.8 Å². The first-order chi connectivity index (χ1) is 21.5. The van der Waals surface area contributed by atoms with Crippen LogP contribution in [0.15, 0.2) is 30.3 Å². The molecule has 238 valence electrons. The summed E-state index contributed by atoms with van der Waals surface area (Å²) in [6.07, 6.45) is 2.80. The summed E-state index contributed by atoms with van der Waals surface area (Å²) in [5.74, 6) is -0.945. The predicted octanol–water partition coefficient (Wildman–Crippen LogP) is 6.96. The Morgan fingerprint density at radius 1 is 1.11 bits per heavy atom. The number of aromatic hydroxyl groups is 1. The largest absolute Gasteiger partial charge is 0.508 e. The number of aromatic nitrogens is 2. The normalized spacial score (nSPS) is 25.4. The number of phenols is 1. The van der Waals surface area contributed by atoms with Crippen molar-refractivity contribution in [2.45, 2.75) is 69.7 Å². The van der Waals surface area contributed by atoms with Crippen molar-refractivity contribution in [1.29, 1.82) is 0 Å². The highest BCUT2D eigenvalue weighted by Gasteiger charge is 2.49. The van der Waals surface area contributed by atoms with Crippen molar-refractivity contribution in [2.75, 3.05) is 37.7 Å². The number of piperidine rings is 1. The quantitative estimate of drug-likeness (QED) is 0.236. The second-order valence-electron chi connectivity index (χ2n) is 13.1. The van der Waals surface area contributed by atoms with Crippen molar-refractivity contribution in [2.24, 2.45) is 0 Å². The summed E-state index contributed by atoms with van der Waals surface area (Å²) in [5.41, 5.74) is -0.899. The first-order valence-corrected chi connectivity index (χ1v) is 16.0. The van der Waals surface area contributed by atoms with Crippen LogP contribution in [0.25, 0.3) is 32.8 Å².